The minimum atomic E-state index is 0.0110. The molecule has 0 atom stereocenters. The zero-order chi connectivity index (χ0) is 16.5. The lowest BCUT2D eigenvalue weighted by molar-refractivity contribution is 0.136. The Labute approximate surface area is 138 Å². The quantitative estimate of drug-likeness (QED) is 0.767. The van der Waals surface area contributed by atoms with E-state index in [2.05, 4.69) is 22.3 Å². The van der Waals surface area contributed by atoms with Crippen LogP contribution < -0.4 is 10.1 Å². The van der Waals surface area contributed by atoms with Crippen molar-refractivity contribution < 1.29 is 14.3 Å². The monoisotopic (exact) mass is 321 g/mol. The predicted octanol–water partition coefficient (Wildman–Crippen LogP) is 1.21. The van der Waals surface area contributed by atoms with Gasteiger partial charge in [0.2, 0.25) is 0 Å². The minimum absolute atomic E-state index is 0.0110. The van der Waals surface area contributed by atoms with Crippen molar-refractivity contribution in [3.05, 3.63) is 29.8 Å². The molecule has 6 nitrogen and oxygen atoms in total. The van der Waals surface area contributed by atoms with Gasteiger partial charge < -0.3 is 19.7 Å². The summed E-state index contributed by atoms with van der Waals surface area (Å²) >= 11 is 0. The third-order valence-electron chi connectivity index (χ3n) is 4.12. The summed E-state index contributed by atoms with van der Waals surface area (Å²) in [5, 5.41) is 2.87. The fraction of sp³-hybridized carbons (Fsp3) is 0.588. The Bertz CT molecular complexity index is 470. The van der Waals surface area contributed by atoms with Gasteiger partial charge in [0.05, 0.1) is 13.7 Å². The van der Waals surface area contributed by atoms with Gasteiger partial charge in [0.1, 0.15) is 5.75 Å². The number of benzene rings is 1. The molecule has 0 saturated carbocycles. The molecule has 0 bridgehead atoms. The van der Waals surface area contributed by atoms with E-state index in [4.69, 9.17) is 9.47 Å². The maximum absolute atomic E-state index is 11.9. The van der Waals surface area contributed by atoms with Crippen LogP contribution in [-0.4, -0.2) is 75.9 Å². The molecular weight excluding hydrogens is 294 g/mol. The molecule has 2 rings (SSSR count). The van der Waals surface area contributed by atoms with Crippen molar-refractivity contribution >= 4 is 6.03 Å². The Morgan fingerprint density at radius 2 is 1.83 bits per heavy atom. The summed E-state index contributed by atoms with van der Waals surface area (Å²) in [5.74, 6) is 0.891. The zero-order valence-corrected chi connectivity index (χ0v) is 14.1. The fourth-order valence-electron chi connectivity index (χ4n) is 2.63. The molecule has 2 amide bonds. The van der Waals surface area contributed by atoms with E-state index in [9.17, 15) is 4.79 Å². The minimum Gasteiger partial charge on any atom is -0.497 e. The van der Waals surface area contributed by atoms with Crippen LogP contribution in [0.25, 0.3) is 0 Å². The van der Waals surface area contributed by atoms with Gasteiger partial charge >= 0.3 is 6.03 Å². The molecule has 0 spiro atoms. The van der Waals surface area contributed by atoms with Crippen molar-refractivity contribution in [1.82, 2.24) is 15.1 Å². The van der Waals surface area contributed by atoms with Crippen LogP contribution >= 0.6 is 0 Å². The van der Waals surface area contributed by atoms with E-state index in [1.807, 2.05) is 17.0 Å². The number of hydrogen-bond acceptors (Lipinski definition) is 4. The highest BCUT2D eigenvalue weighted by atomic mass is 16.5. The molecule has 1 aliphatic rings. The molecule has 0 unspecified atom stereocenters. The first-order chi connectivity index (χ1) is 11.2. The second-order valence-corrected chi connectivity index (χ2v) is 5.65. The topological polar surface area (TPSA) is 54.0 Å². The Kier molecular flexibility index (Phi) is 7.16. The van der Waals surface area contributed by atoms with Crippen LogP contribution in [0.3, 0.4) is 0 Å². The normalized spacial score (nSPS) is 15.5. The SMILES string of the molecule is COCCNC(=O)N1CCN(CCc2ccc(OC)cc2)CC1. The summed E-state index contributed by atoms with van der Waals surface area (Å²) in [7, 11) is 3.31. The molecule has 1 fully saturated rings. The molecule has 0 aliphatic carbocycles. The van der Waals surface area contributed by atoms with Crippen molar-refractivity contribution in [2.75, 3.05) is 60.1 Å². The first kappa shape index (κ1) is 17.6. The van der Waals surface area contributed by atoms with Crippen LogP contribution in [0.2, 0.25) is 0 Å². The lowest BCUT2D eigenvalue weighted by atomic mass is 10.1. The van der Waals surface area contributed by atoms with Gasteiger partial charge in [-0.05, 0) is 24.1 Å². The van der Waals surface area contributed by atoms with Crippen LogP contribution in [-0.2, 0) is 11.2 Å². The van der Waals surface area contributed by atoms with E-state index in [1.165, 1.54) is 5.56 Å². The Balaban J connectivity index is 1.66. The van der Waals surface area contributed by atoms with Crippen LogP contribution in [0.5, 0.6) is 5.75 Å². The average Bonchev–Trinajstić information content (AvgIpc) is 2.61. The highest BCUT2D eigenvalue weighted by molar-refractivity contribution is 5.74. The summed E-state index contributed by atoms with van der Waals surface area (Å²) in [4.78, 5) is 16.2. The van der Waals surface area contributed by atoms with Crippen LogP contribution in [0, 0.1) is 0 Å². The molecule has 6 heteroatoms. The molecule has 1 saturated heterocycles. The Morgan fingerprint density at radius 1 is 1.13 bits per heavy atom. The summed E-state index contributed by atoms with van der Waals surface area (Å²) in [5.41, 5.74) is 1.31. The average molecular weight is 321 g/mol. The van der Waals surface area contributed by atoms with E-state index >= 15 is 0 Å². The van der Waals surface area contributed by atoms with E-state index < -0.39 is 0 Å². The highest BCUT2D eigenvalue weighted by Gasteiger charge is 2.20. The van der Waals surface area contributed by atoms with Gasteiger partial charge in [0, 0.05) is 46.4 Å². The third kappa shape index (κ3) is 5.73. The lowest BCUT2D eigenvalue weighted by Gasteiger charge is -2.34. The molecular formula is C17H27N3O3. The maximum atomic E-state index is 11.9. The van der Waals surface area contributed by atoms with E-state index in [-0.39, 0.29) is 6.03 Å². The largest absolute Gasteiger partial charge is 0.497 e. The van der Waals surface area contributed by atoms with Gasteiger partial charge in [-0.2, -0.15) is 0 Å². The molecule has 128 valence electrons. The first-order valence-electron chi connectivity index (χ1n) is 8.10. The van der Waals surface area contributed by atoms with Gasteiger partial charge in [0.15, 0.2) is 0 Å². The number of nitrogens with one attached hydrogen (secondary N) is 1. The molecule has 23 heavy (non-hydrogen) atoms. The molecule has 1 N–H and O–H groups in total. The molecule has 0 aromatic heterocycles. The van der Waals surface area contributed by atoms with Crippen molar-refractivity contribution in [1.29, 1.82) is 0 Å². The predicted molar refractivity (Wildman–Crippen MR) is 90.0 cm³/mol. The number of hydrogen-bond donors (Lipinski definition) is 1. The van der Waals surface area contributed by atoms with E-state index in [0.717, 1.165) is 44.9 Å². The number of amides is 2. The number of carbonyl (C=O) groups is 1. The number of carbonyl (C=O) groups excluding carboxylic acids is 1. The number of ether oxygens (including phenoxy) is 2. The van der Waals surface area contributed by atoms with Crippen LogP contribution in [0.15, 0.2) is 24.3 Å². The Hall–Kier alpha value is -1.79. The van der Waals surface area contributed by atoms with Crippen molar-refractivity contribution in [2.45, 2.75) is 6.42 Å². The zero-order valence-electron chi connectivity index (χ0n) is 14.1. The third-order valence-corrected chi connectivity index (χ3v) is 4.12. The van der Waals surface area contributed by atoms with Crippen LogP contribution in [0.4, 0.5) is 4.79 Å². The standard InChI is InChI=1S/C17H27N3O3/c1-22-14-8-18-17(21)20-12-10-19(11-13-20)9-7-15-3-5-16(23-2)6-4-15/h3-6H,7-14H2,1-2H3,(H,18,21). The number of piperazine rings is 1. The first-order valence-corrected chi connectivity index (χ1v) is 8.10. The summed E-state index contributed by atoms with van der Waals surface area (Å²) in [6.45, 7) is 5.54. The second-order valence-electron chi connectivity index (χ2n) is 5.65. The molecule has 1 heterocycles. The van der Waals surface area contributed by atoms with Crippen molar-refractivity contribution in [3.63, 3.8) is 0 Å². The number of rotatable bonds is 7. The molecule has 0 radical (unpaired) electrons. The molecule has 1 aromatic carbocycles. The van der Waals surface area contributed by atoms with Crippen molar-refractivity contribution in [2.24, 2.45) is 0 Å². The fourth-order valence-corrected chi connectivity index (χ4v) is 2.63. The summed E-state index contributed by atoms with van der Waals surface area (Å²) in [6, 6.07) is 8.23. The van der Waals surface area contributed by atoms with Gasteiger partial charge in [-0.3, -0.25) is 4.90 Å². The number of nitrogens with zero attached hydrogens (tertiary/aromatic N) is 2. The molecule has 1 aliphatic heterocycles. The number of urea groups is 1. The van der Waals surface area contributed by atoms with Gasteiger partial charge in [-0.25, -0.2) is 4.79 Å². The Morgan fingerprint density at radius 3 is 2.43 bits per heavy atom. The summed E-state index contributed by atoms with van der Waals surface area (Å²) in [6.07, 6.45) is 1.02. The van der Waals surface area contributed by atoms with Gasteiger partial charge in [-0.15, -0.1) is 0 Å². The summed E-state index contributed by atoms with van der Waals surface area (Å²) < 4.78 is 10.1. The number of methoxy groups -OCH3 is 2. The smallest absolute Gasteiger partial charge is 0.317 e. The second kappa shape index (κ2) is 9.37. The van der Waals surface area contributed by atoms with Gasteiger partial charge in [0.25, 0.3) is 0 Å². The van der Waals surface area contributed by atoms with Crippen molar-refractivity contribution in [3.8, 4) is 5.75 Å². The van der Waals surface area contributed by atoms with E-state index in [0.29, 0.717) is 13.2 Å². The highest BCUT2D eigenvalue weighted by Crippen LogP contribution is 2.12. The molecule has 1 aromatic rings. The van der Waals surface area contributed by atoms with E-state index in [1.54, 1.807) is 14.2 Å². The lowest BCUT2D eigenvalue weighted by Crippen LogP contribution is -2.52. The van der Waals surface area contributed by atoms with Gasteiger partial charge in [-0.1, -0.05) is 12.1 Å². The van der Waals surface area contributed by atoms with Crippen LogP contribution in [0.1, 0.15) is 5.56 Å². The maximum Gasteiger partial charge on any atom is 0.317 e.